The zero-order valence-corrected chi connectivity index (χ0v) is 10.6. The first kappa shape index (κ1) is 11.4. The molecule has 0 aliphatic carbocycles. The number of nitrogens with zero attached hydrogens (tertiary/aromatic N) is 3. The molecule has 3 aromatic heterocycles. The number of hydrogen-bond donors (Lipinski definition) is 3. The normalized spacial score (nSPS) is 11.0. The van der Waals surface area contributed by atoms with Crippen LogP contribution in [0.25, 0.3) is 10.2 Å². The number of hydrogen-bond acceptors (Lipinski definition) is 6. The summed E-state index contributed by atoms with van der Waals surface area (Å²) in [6.45, 7) is -0.0902. The Labute approximate surface area is 111 Å². The number of halogens is 1. The van der Waals surface area contributed by atoms with E-state index in [2.05, 4.69) is 25.5 Å². The van der Waals surface area contributed by atoms with Gasteiger partial charge in [-0.1, -0.05) is 0 Å². The molecule has 0 aliphatic rings. The topological polar surface area (TPSA) is 86.7 Å². The van der Waals surface area contributed by atoms with E-state index in [-0.39, 0.29) is 11.9 Å². The molecule has 3 N–H and O–H groups in total. The summed E-state index contributed by atoms with van der Waals surface area (Å²) >= 11 is 7.35. The predicted octanol–water partition coefficient (Wildman–Crippen LogP) is 2.30. The van der Waals surface area contributed by atoms with Gasteiger partial charge in [-0.05, 0) is 23.0 Å². The number of aromatic nitrogens is 4. The highest BCUT2D eigenvalue weighted by Crippen LogP contribution is 2.28. The van der Waals surface area contributed by atoms with Gasteiger partial charge < -0.3 is 10.4 Å². The summed E-state index contributed by atoms with van der Waals surface area (Å²) in [5.74, 6) is 1.17. The Morgan fingerprint density at radius 2 is 2.33 bits per heavy atom. The molecular formula is C10H8ClN5OS. The van der Waals surface area contributed by atoms with Gasteiger partial charge in [0.05, 0.1) is 17.7 Å². The zero-order chi connectivity index (χ0) is 12.5. The fraction of sp³-hybridized carbons (Fsp3) is 0.100. The van der Waals surface area contributed by atoms with Crippen molar-refractivity contribution in [2.45, 2.75) is 6.61 Å². The van der Waals surface area contributed by atoms with Crippen molar-refractivity contribution >= 4 is 44.8 Å². The van der Waals surface area contributed by atoms with E-state index in [0.717, 1.165) is 10.2 Å². The third-order valence-corrected chi connectivity index (χ3v) is 3.32. The van der Waals surface area contributed by atoms with Crippen molar-refractivity contribution in [2.24, 2.45) is 0 Å². The van der Waals surface area contributed by atoms with Gasteiger partial charge in [0.25, 0.3) is 0 Å². The third kappa shape index (κ3) is 2.03. The summed E-state index contributed by atoms with van der Waals surface area (Å²) in [4.78, 5) is 9.08. The van der Waals surface area contributed by atoms with E-state index >= 15 is 0 Å². The van der Waals surface area contributed by atoms with Crippen molar-refractivity contribution in [3.8, 4) is 0 Å². The Kier molecular flexibility index (Phi) is 2.86. The van der Waals surface area contributed by atoms with Gasteiger partial charge in [-0.15, -0.1) is 11.3 Å². The highest BCUT2D eigenvalue weighted by Gasteiger charge is 2.09. The first-order valence-electron chi connectivity index (χ1n) is 5.09. The second-order valence-electron chi connectivity index (χ2n) is 3.54. The van der Waals surface area contributed by atoms with Crippen molar-refractivity contribution < 1.29 is 5.11 Å². The van der Waals surface area contributed by atoms with Gasteiger partial charge in [0.1, 0.15) is 10.6 Å². The summed E-state index contributed by atoms with van der Waals surface area (Å²) in [5, 5.41) is 21.7. The van der Waals surface area contributed by atoms with Crippen LogP contribution in [-0.2, 0) is 6.61 Å². The summed E-state index contributed by atoms with van der Waals surface area (Å²) in [7, 11) is 0. The molecule has 0 fully saturated rings. The molecule has 0 amide bonds. The minimum Gasteiger partial charge on any atom is -0.390 e. The molecule has 0 spiro atoms. The molecule has 0 radical (unpaired) electrons. The molecule has 0 aliphatic heterocycles. The molecular weight excluding hydrogens is 274 g/mol. The van der Waals surface area contributed by atoms with Crippen LogP contribution < -0.4 is 5.32 Å². The number of rotatable bonds is 3. The Morgan fingerprint density at radius 3 is 3.11 bits per heavy atom. The van der Waals surface area contributed by atoms with Crippen LogP contribution in [0.15, 0.2) is 17.5 Å². The largest absolute Gasteiger partial charge is 0.390 e. The zero-order valence-electron chi connectivity index (χ0n) is 9.01. The van der Waals surface area contributed by atoms with Crippen molar-refractivity contribution in [1.82, 2.24) is 20.2 Å². The van der Waals surface area contributed by atoms with Crippen LogP contribution in [0.5, 0.6) is 0 Å². The maximum Gasteiger partial charge on any atom is 0.225 e. The quantitative estimate of drug-likeness (QED) is 0.641. The molecule has 0 unspecified atom stereocenters. The third-order valence-electron chi connectivity index (χ3n) is 2.35. The molecule has 3 heterocycles. The smallest absolute Gasteiger partial charge is 0.225 e. The van der Waals surface area contributed by atoms with Gasteiger partial charge in [-0.3, -0.25) is 5.10 Å². The minimum atomic E-state index is -0.0902. The average molecular weight is 282 g/mol. The number of thiophene rings is 1. The number of fused-ring (bicyclic) bond motifs is 1. The maximum absolute atomic E-state index is 8.96. The first-order valence-corrected chi connectivity index (χ1v) is 6.35. The van der Waals surface area contributed by atoms with Crippen LogP contribution in [0.1, 0.15) is 5.69 Å². The van der Waals surface area contributed by atoms with Crippen LogP contribution in [0.4, 0.5) is 11.6 Å². The molecule has 0 bridgehead atoms. The number of aliphatic hydroxyl groups excluding tert-OH is 1. The van der Waals surface area contributed by atoms with Gasteiger partial charge in [0, 0.05) is 6.07 Å². The van der Waals surface area contributed by atoms with Crippen molar-refractivity contribution in [1.29, 1.82) is 0 Å². The van der Waals surface area contributed by atoms with Crippen LogP contribution in [0.3, 0.4) is 0 Å². The average Bonchev–Trinajstić information content (AvgIpc) is 2.97. The lowest BCUT2D eigenvalue weighted by Gasteiger charge is -2.03. The summed E-state index contributed by atoms with van der Waals surface area (Å²) < 4.78 is 0. The van der Waals surface area contributed by atoms with Crippen LogP contribution in [-0.4, -0.2) is 25.3 Å². The highest BCUT2D eigenvalue weighted by atomic mass is 35.5. The molecule has 3 rings (SSSR count). The standard InChI is InChI=1S/C10H8ClN5OS/c11-10-13-8(6-1-2-18-9(6)14-10)12-7-3-5(4-17)15-16-7/h1-3,17H,4H2,(H2,12,13,14,15,16). The lowest BCUT2D eigenvalue weighted by Crippen LogP contribution is -1.96. The Morgan fingerprint density at radius 1 is 1.44 bits per heavy atom. The van der Waals surface area contributed by atoms with Gasteiger partial charge in [0.15, 0.2) is 5.82 Å². The molecule has 0 saturated carbocycles. The van der Waals surface area contributed by atoms with Gasteiger partial charge >= 0.3 is 0 Å². The SMILES string of the molecule is OCc1cc(Nc2nc(Cl)nc3sccc23)n[nH]1. The Balaban J connectivity index is 2.00. The van der Waals surface area contributed by atoms with E-state index in [0.29, 0.717) is 17.3 Å². The fourth-order valence-electron chi connectivity index (χ4n) is 1.55. The predicted molar refractivity (Wildman–Crippen MR) is 70.2 cm³/mol. The van der Waals surface area contributed by atoms with Crippen LogP contribution >= 0.6 is 22.9 Å². The lowest BCUT2D eigenvalue weighted by atomic mass is 10.3. The molecule has 18 heavy (non-hydrogen) atoms. The van der Waals surface area contributed by atoms with Gasteiger partial charge in [0.2, 0.25) is 5.28 Å². The van der Waals surface area contributed by atoms with Crippen molar-refractivity contribution in [2.75, 3.05) is 5.32 Å². The number of aliphatic hydroxyl groups is 1. The molecule has 0 aromatic carbocycles. The fourth-order valence-corrected chi connectivity index (χ4v) is 2.54. The lowest BCUT2D eigenvalue weighted by molar-refractivity contribution is 0.276. The molecule has 6 nitrogen and oxygen atoms in total. The molecule has 0 saturated heterocycles. The van der Waals surface area contributed by atoms with Crippen molar-refractivity contribution in [3.05, 3.63) is 28.5 Å². The first-order chi connectivity index (χ1) is 8.76. The van der Waals surface area contributed by atoms with Crippen LogP contribution in [0, 0.1) is 0 Å². The maximum atomic E-state index is 8.96. The van der Waals surface area contributed by atoms with Crippen LogP contribution in [0.2, 0.25) is 5.28 Å². The monoisotopic (exact) mass is 281 g/mol. The van der Waals surface area contributed by atoms with Crippen molar-refractivity contribution in [3.63, 3.8) is 0 Å². The second kappa shape index (κ2) is 4.52. The van der Waals surface area contributed by atoms with E-state index < -0.39 is 0 Å². The number of H-pyrrole nitrogens is 1. The number of nitrogens with one attached hydrogen (secondary N) is 2. The Bertz CT molecular complexity index is 694. The van der Waals surface area contributed by atoms with E-state index in [4.69, 9.17) is 16.7 Å². The molecule has 8 heteroatoms. The summed E-state index contributed by atoms with van der Waals surface area (Å²) in [6, 6.07) is 3.62. The van der Waals surface area contributed by atoms with E-state index in [1.54, 1.807) is 6.07 Å². The Hall–Kier alpha value is -1.70. The van der Waals surface area contributed by atoms with Gasteiger partial charge in [-0.2, -0.15) is 10.1 Å². The molecule has 92 valence electrons. The molecule has 0 atom stereocenters. The van der Waals surface area contributed by atoms with Gasteiger partial charge in [-0.25, -0.2) is 4.98 Å². The number of anilines is 2. The summed E-state index contributed by atoms with van der Waals surface area (Å²) in [5.41, 5.74) is 0.624. The van der Waals surface area contributed by atoms with E-state index in [1.165, 1.54) is 11.3 Å². The summed E-state index contributed by atoms with van der Waals surface area (Å²) in [6.07, 6.45) is 0. The van der Waals surface area contributed by atoms with E-state index in [1.807, 2.05) is 11.4 Å². The number of aromatic amines is 1. The second-order valence-corrected chi connectivity index (χ2v) is 4.77. The minimum absolute atomic E-state index is 0.0902. The molecule has 3 aromatic rings. The van der Waals surface area contributed by atoms with E-state index in [9.17, 15) is 0 Å². The highest BCUT2D eigenvalue weighted by molar-refractivity contribution is 7.16.